The van der Waals surface area contributed by atoms with Crippen molar-refractivity contribution in [3.63, 3.8) is 0 Å². The van der Waals surface area contributed by atoms with Gasteiger partial charge in [-0.3, -0.25) is 4.79 Å². The summed E-state index contributed by atoms with van der Waals surface area (Å²) >= 11 is 0. The molecule has 1 aromatic rings. The van der Waals surface area contributed by atoms with E-state index in [-0.39, 0.29) is 23.1 Å². The minimum atomic E-state index is -0.175. The van der Waals surface area contributed by atoms with Crippen molar-refractivity contribution < 1.29 is 9.90 Å². The van der Waals surface area contributed by atoms with Crippen LogP contribution in [0.15, 0.2) is 18.2 Å². The highest BCUT2D eigenvalue weighted by molar-refractivity contribution is 5.99. The maximum atomic E-state index is 12.3. The summed E-state index contributed by atoms with van der Waals surface area (Å²) in [5.74, 6) is -0.129. The summed E-state index contributed by atoms with van der Waals surface area (Å²) in [6.07, 6.45) is 0. The topological polar surface area (TPSA) is 66.6 Å². The Hall–Kier alpha value is -1.71. The molecule has 4 heteroatoms. The molecule has 0 aliphatic heterocycles. The van der Waals surface area contributed by atoms with E-state index in [4.69, 9.17) is 5.73 Å². The van der Waals surface area contributed by atoms with Gasteiger partial charge in [0.2, 0.25) is 0 Å². The van der Waals surface area contributed by atoms with E-state index in [2.05, 4.69) is 20.8 Å². The van der Waals surface area contributed by atoms with E-state index in [0.29, 0.717) is 11.3 Å². The Bertz CT molecular complexity index is 450. The third kappa shape index (κ3) is 2.94. The van der Waals surface area contributed by atoms with Crippen molar-refractivity contribution >= 4 is 11.6 Å². The Morgan fingerprint density at radius 3 is 2.44 bits per heavy atom. The second kappa shape index (κ2) is 4.88. The zero-order valence-corrected chi connectivity index (χ0v) is 11.7. The van der Waals surface area contributed by atoms with Crippen LogP contribution in [0.2, 0.25) is 0 Å². The maximum Gasteiger partial charge on any atom is 0.256 e. The maximum absolute atomic E-state index is 12.3. The lowest BCUT2D eigenvalue weighted by molar-refractivity contribution is 0.0630. The van der Waals surface area contributed by atoms with E-state index in [1.165, 1.54) is 18.2 Å². The lowest BCUT2D eigenvalue weighted by Gasteiger charge is -2.35. The number of hydrogen-bond donors (Lipinski definition) is 2. The SMILES string of the molecule is CC(N(C)C(=O)c1cc(O)ccc1N)C(C)(C)C. The summed E-state index contributed by atoms with van der Waals surface area (Å²) in [5, 5.41) is 9.44. The van der Waals surface area contributed by atoms with Gasteiger partial charge in [-0.2, -0.15) is 0 Å². The first-order valence-corrected chi connectivity index (χ1v) is 6.00. The summed E-state index contributed by atoms with van der Waals surface area (Å²) in [6, 6.07) is 4.48. The number of nitrogen functional groups attached to an aromatic ring is 1. The second-order valence-corrected chi connectivity index (χ2v) is 5.73. The largest absolute Gasteiger partial charge is 0.508 e. The van der Waals surface area contributed by atoms with Crippen molar-refractivity contribution in [3.05, 3.63) is 23.8 Å². The Morgan fingerprint density at radius 2 is 1.94 bits per heavy atom. The van der Waals surface area contributed by atoms with Crippen LogP contribution in [0.1, 0.15) is 38.1 Å². The predicted molar refractivity (Wildman–Crippen MR) is 73.5 cm³/mol. The van der Waals surface area contributed by atoms with Crippen molar-refractivity contribution in [3.8, 4) is 5.75 Å². The van der Waals surface area contributed by atoms with Crippen molar-refractivity contribution in [2.75, 3.05) is 12.8 Å². The van der Waals surface area contributed by atoms with E-state index in [1.807, 2.05) is 6.92 Å². The van der Waals surface area contributed by atoms with Gasteiger partial charge in [-0.05, 0) is 30.5 Å². The molecule has 0 aromatic heterocycles. The Labute approximate surface area is 108 Å². The highest BCUT2D eigenvalue weighted by Crippen LogP contribution is 2.26. The number of aromatic hydroxyl groups is 1. The normalized spacial score (nSPS) is 13.2. The summed E-state index contributed by atoms with van der Waals surface area (Å²) in [5.41, 5.74) is 6.48. The van der Waals surface area contributed by atoms with Gasteiger partial charge in [-0.1, -0.05) is 20.8 Å². The first-order valence-electron chi connectivity index (χ1n) is 6.00. The first kappa shape index (κ1) is 14.4. The van der Waals surface area contributed by atoms with Gasteiger partial charge in [0.25, 0.3) is 5.91 Å². The number of carbonyl (C=O) groups is 1. The van der Waals surface area contributed by atoms with E-state index >= 15 is 0 Å². The average Bonchev–Trinajstić information content (AvgIpc) is 2.28. The fourth-order valence-electron chi connectivity index (χ4n) is 1.68. The minimum absolute atomic E-state index is 0.0179. The Balaban J connectivity index is 3.04. The number of hydrogen-bond acceptors (Lipinski definition) is 3. The van der Waals surface area contributed by atoms with Crippen LogP contribution in [0, 0.1) is 5.41 Å². The molecule has 0 heterocycles. The molecule has 1 amide bonds. The zero-order valence-electron chi connectivity index (χ0n) is 11.7. The lowest BCUT2D eigenvalue weighted by atomic mass is 9.87. The van der Waals surface area contributed by atoms with Gasteiger partial charge >= 0.3 is 0 Å². The molecule has 0 fully saturated rings. The number of anilines is 1. The number of nitrogens with zero attached hydrogens (tertiary/aromatic N) is 1. The van der Waals surface area contributed by atoms with Crippen molar-refractivity contribution in [1.29, 1.82) is 0 Å². The van der Waals surface area contributed by atoms with Crippen LogP contribution in [0.4, 0.5) is 5.69 Å². The molecule has 0 aliphatic rings. The van der Waals surface area contributed by atoms with Gasteiger partial charge in [-0.25, -0.2) is 0 Å². The summed E-state index contributed by atoms with van der Waals surface area (Å²) in [6.45, 7) is 8.23. The number of amides is 1. The smallest absolute Gasteiger partial charge is 0.256 e. The number of benzene rings is 1. The molecule has 0 bridgehead atoms. The molecule has 18 heavy (non-hydrogen) atoms. The molecule has 1 atom stereocenters. The molecule has 3 N–H and O–H groups in total. The van der Waals surface area contributed by atoms with Crippen LogP contribution >= 0.6 is 0 Å². The third-order valence-electron chi connectivity index (χ3n) is 3.42. The predicted octanol–water partition coefficient (Wildman–Crippen LogP) is 2.48. The molecule has 0 aliphatic carbocycles. The number of phenolic OH excluding ortho intramolecular Hbond substituents is 1. The minimum Gasteiger partial charge on any atom is -0.508 e. The van der Waals surface area contributed by atoms with Crippen LogP contribution in [-0.4, -0.2) is 29.0 Å². The first-order chi connectivity index (χ1) is 8.14. The van der Waals surface area contributed by atoms with Crippen LogP contribution in [-0.2, 0) is 0 Å². The fraction of sp³-hybridized carbons (Fsp3) is 0.500. The molecule has 100 valence electrons. The van der Waals surface area contributed by atoms with E-state index in [9.17, 15) is 9.90 Å². The van der Waals surface area contributed by atoms with E-state index in [1.54, 1.807) is 11.9 Å². The van der Waals surface area contributed by atoms with Gasteiger partial charge in [-0.15, -0.1) is 0 Å². The molecular weight excluding hydrogens is 228 g/mol. The summed E-state index contributed by atoms with van der Waals surface area (Å²) in [7, 11) is 1.75. The van der Waals surface area contributed by atoms with Gasteiger partial charge < -0.3 is 15.7 Å². The number of nitrogens with two attached hydrogens (primary N) is 1. The van der Waals surface area contributed by atoms with Crippen LogP contribution in [0.3, 0.4) is 0 Å². The van der Waals surface area contributed by atoms with Crippen molar-refractivity contribution in [1.82, 2.24) is 4.90 Å². The molecule has 4 nitrogen and oxygen atoms in total. The van der Waals surface area contributed by atoms with Gasteiger partial charge in [0.15, 0.2) is 0 Å². The molecule has 0 saturated heterocycles. The third-order valence-corrected chi connectivity index (χ3v) is 3.42. The molecule has 1 rings (SSSR count). The summed E-state index contributed by atoms with van der Waals surface area (Å²) in [4.78, 5) is 14.0. The zero-order chi connectivity index (χ0) is 14.1. The molecule has 1 unspecified atom stereocenters. The second-order valence-electron chi connectivity index (χ2n) is 5.73. The quantitative estimate of drug-likeness (QED) is 0.626. The summed E-state index contributed by atoms with van der Waals surface area (Å²) < 4.78 is 0. The lowest BCUT2D eigenvalue weighted by Crippen LogP contribution is -2.43. The molecule has 0 radical (unpaired) electrons. The Morgan fingerprint density at radius 1 is 1.39 bits per heavy atom. The molecular formula is C14H22N2O2. The highest BCUT2D eigenvalue weighted by Gasteiger charge is 2.28. The van der Waals surface area contributed by atoms with Crippen LogP contribution in [0.25, 0.3) is 0 Å². The number of carbonyl (C=O) groups excluding carboxylic acids is 1. The molecule has 1 aromatic carbocycles. The van der Waals surface area contributed by atoms with E-state index in [0.717, 1.165) is 0 Å². The van der Waals surface area contributed by atoms with Crippen LogP contribution < -0.4 is 5.73 Å². The van der Waals surface area contributed by atoms with Crippen LogP contribution in [0.5, 0.6) is 5.75 Å². The van der Waals surface area contributed by atoms with E-state index < -0.39 is 0 Å². The number of phenols is 1. The van der Waals surface area contributed by atoms with Gasteiger partial charge in [0.05, 0.1) is 5.56 Å². The monoisotopic (exact) mass is 250 g/mol. The fourth-order valence-corrected chi connectivity index (χ4v) is 1.68. The van der Waals surface area contributed by atoms with Crippen molar-refractivity contribution in [2.24, 2.45) is 5.41 Å². The average molecular weight is 250 g/mol. The van der Waals surface area contributed by atoms with Crippen molar-refractivity contribution in [2.45, 2.75) is 33.7 Å². The standard InChI is InChI=1S/C14H22N2O2/c1-9(14(2,3)4)16(5)13(18)11-8-10(17)6-7-12(11)15/h6-9,17H,15H2,1-5H3. The van der Waals surface area contributed by atoms with Gasteiger partial charge in [0, 0.05) is 18.8 Å². The Kier molecular flexibility index (Phi) is 3.89. The highest BCUT2D eigenvalue weighted by atomic mass is 16.3. The molecule has 0 saturated carbocycles. The number of rotatable bonds is 2. The molecule has 0 spiro atoms. The van der Waals surface area contributed by atoms with Gasteiger partial charge in [0.1, 0.15) is 5.75 Å².